The predicted octanol–water partition coefficient (Wildman–Crippen LogP) is 5.93. The van der Waals surface area contributed by atoms with Crippen molar-refractivity contribution in [2.24, 2.45) is 4.99 Å². The van der Waals surface area contributed by atoms with Crippen LogP contribution in [0.15, 0.2) is 92.3 Å². The molecular formula is C30H23BrClFN2O4S. The minimum Gasteiger partial charge on any atom is -0.488 e. The Labute approximate surface area is 246 Å². The molecule has 1 aromatic heterocycles. The molecular weight excluding hydrogens is 619 g/mol. The summed E-state index contributed by atoms with van der Waals surface area (Å²) in [4.78, 5) is 31.7. The molecule has 0 saturated heterocycles. The number of thiazole rings is 1. The molecule has 2 heterocycles. The molecule has 6 nitrogen and oxygen atoms in total. The van der Waals surface area contributed by atoms with E-state index in [-0.39, 0.29) is 17.7 Å². The Bertz CT molecular complexity index is 1800. The van der Waals surface area contributed by atoms with Crippen LogP contribution < -0.4 is 19.6 Å². The molecule has 4 aromatic rings. The van der Waals surface area contributed by atoms with Gasteiger partial charge < -0.3 is 9.47 Å². The molecule has 5 rings (SSSR count). The lowest BCUT2D eigenvalue weighted by Gasteiger charge is -2.24. The van der Waals surface area contributed by atoms with Crippen molar-refractivity contribution in [1.29, 1.82) is 0 Å². The van der Waals surface area contributed by atoms with Gasteiger partial charge in [0.1, 0.15) is 18.2 Å². The van der Waals surface area contributed by atoms with E-state index in [0.717, 1.165) is 15.6 Å². The summed E-state index contributed by atoms with van der Waals surface area (Å²) in [5.74, 6) is -0.328. The SMILES string of the molecule is CCOC(=O)C1=C(C)N=c2s/c(=C\c3ccc(OCc4ccc(Cl)cc4)c(Br)c3)c(=O)n2[C@@H]1c1ccc(F)cc1. The highest BCUT2D eigenvalue weighted by Crippen LogP contribution is 2.31. The van der Waals surface area contributed by atoms with Crippen molar-refractivity contribution in [1.82, 2.24) is 4.57 Å². The molecule has 1 aliphatic heterocycles. The highest BCUT2D eigenvalue weighted by molar-refractivity contribution is 9.10. The molecule has 40 heavy (non-hydrogen) atoms. The van der Waals surface area contributed by atoms with Crippen molar-refractivity contribution in [3.05, 3.63) is 130 Å². The number of carbonyl (C=O) groups excluding carboxylic acids is 1. The number of hydrogen-bond donors (Lipinski definition) is 0. The molecule has 0 aliphatic carbocycles. The van der Waals surface area contributed by atoms with Gasteiger partial charge in [-0.25, -0.2) is 14.2 Å². The Morgan fingerprint density at radius 3 is 2.55 bits per heavy atom. The molecule has 0 radical (unpaired) electrons. The second kappa shape index (κ2) is 11.9. The largest absolute Gasteiger partial charge is 0.488 e. The number of esters is 1. The number of rotatable bonds is 7. The summed E-state index contributed by atoms with van der Waals surface area (Å²) in [5, 5.41) is 0.663. The molecule has 1 aliphatic rings. The van der Waals surface area contributed by atoms with Crippen LogP contribution >= 0.6 is 38.9 Å². The van der Waals surface area contributed by atoms with Gasteiger partial charge in [-0.05, 0) is 88.9 Å². The van der Waals surface area contributed by atoms with Crippen molar-refractivity contribution < 1.29 is 18.7 Å². The first-order valence-corrected chi connectivity index (χ1v) is 14.4. The third-order valence-electron chi connectivity index (χ3n) is 6.26. The van der Waals surface area contributed by atoms with Gasteiger partial charge in [0.2, 0.25) is 0 Å². The van der Waals surface area contributed by atoms with Crippen LogP contribution in [0.2, 0.25) is 5.02 Å². The normalized spacial score (nSPS) is 15.0. The van der Waals surface area contributed by atoms with E-state index in [1.54, 1.807) is 32.1 Å². The van der Waals surface area contributed by atoms with Crippen molar-refractivity contribution >= 4 is 50.9 Å². The zero-order valence-corrected chi connectivity index (χ0v) is 24.6. The van der Waals surface area contributed by atoms with E-state index in [1.165, 1.54) is 28.0 Å². The first-order chi connectivity index (χ1) is 19.2. The van der Waals surface area contributed by atoms with E-state index in [0.29, 0.717) is 38.0 Å². The van der Waals surface area contributed by atoms with Crippen LogP contribution in [0.25, 0.3) is 6.08 Å². The summed E-state index contributed by atoms with van der Waals surface area (Å²) >= 11 is 10.7. The highest BCUT2D eigenvalue weighted by atomic mass is 79.9. The van der Waals surface area contributed by atoms with Gasteiger partial charge in [-0.1, -0.05) is 53.3 Å². The summed E-state index contributed by atoms with van der Waals surface area (Å²) < 4.78 is 27.6. The fraction of sp³-hybridized carbons (Fsp3) is 0.167. The predicted molar refractivity (Wildman–Crippen MR) is 157 cm³/mol. The van der Waals surface area contributed by atoms with Gasteiger partial charge in [-0.3, -0.25) is 9.36 Å². The molecule has 0 fully saturated rings. The number of carbonyl (C=O) groups is 1. The lowest BCUT2D eigenvalue weighted by molar-refractivity contribution is -0.139. The third-order valence-corrected chi connectivity index (χ3v) is 8.12. The number of nitrogens with zero attached hydrogens (tertiary/aromatic N) is 2. The summed E-state index contributed by atoms with van der Waals surface area (Å²) in [6.45, 7) is 3.96. The number of benzene rings is 3. The van der Waals surface area contributed by atoms with Crippen molar-refractivity contribution in [3.63, 3.8) is 0 Å². The number of ether oxygens (including phenoxy) is 2. The average molecular weight is 642 g/mol. The van der Waals surface area contributed by atoms with E-state index in [1.807, 2.05) is 42.5 Å². The summed E-state index contributed by atoms with van der Waals surface area (Å²) in [5.41, 5.74) is 2.72. The number of fused-ring (bicyclic) bond motifs is 1. The molecule has 204 valence electrons. The summed E-state index contributed by atoms with van der Waals surface area (Å²) in [6.07, 6.45) is 1.77. The summed E-state index contributed by atoms with van der Waals surface area (Å²) in [7, 11) is 0. The smallest absolute Gasteiger partial charge is 0.338 e. The molecule has 1 atom stereocenters. The van der Waals surface area contributed by atoms with Crippen LogP contribution in [0.3, 0.4) is 0 Å². The van der Waals surface area contributed by atoms with Crippen LogP contribution in [0, 0.1) is 5.82 Å². The molecule has 0 amide bonds. The second-order valence-electron chi connectivity index (χ2n) is 8.96. The first-order valence-electron chi connectivity index (χ1n) is 12.4. The molecule has 0 bridgehead atoms. The molecule has 10 heteroatoms. The Morgan fingerprint density at radius 1 is 1.15 bits per heavy atom. The average Bonchev–Trinajstić information content (AvgIpc) is 3.23. The lowest BCUT2D eigenvalue weighted by atomic mass is 9.96. The Hall–Kier alpha value is -3.53. The maximum Gasteiger partial charge on any atom is 0.338 e. The van der Waals surface area contributed by atoms with Gasteiger partial charge in [-0.2, -0.15) is 0 Å². The number of allylic oxidation sites excluding steroid dienone is 1. The van der Waals surface area contributed by atoms with Gasteiger partial charge in [-0.15, -0.1) is 0 Å². The van der Waals surface area contributed by atoms with Crippen molar-refractivity contribution in [2.75, 3.05) is 6.61 Å². The van der Waals surface area contributed by atoms with E-state index in [4.69, 9.17) is 21.1 Å². The first kappa shape index (κ1) is 28.0. The molecule has 3 aromatic carbocycles. The Morgan fingerprint density at radius 2 is 1.88 bits per heavy atom. The van der Waals surface area contributed by atoms with Gasteiger partial charge in [0, 0.05) is 5.02 Å². The van der Waals surface area contributed by atoms with E-state index < -0.39 is 17.8 Å². The number of halogens is 3. The minimum atomic E-state index is -0.798. The quantitative estimate of drug-likeness (QED) is 0.235. The fourth-order valence-corrected chi connectivity index (χ4v) is 6.05. The zero-order chi connectivity index (χ0) is 28.4. The van der Waals surface area contributed by atoms with E-state index >= 15 is 0 Å². The third kappa shape index (κ3) is 5.82. The van der Waals surface area contributed by atoms with Gasteiger partial charge in [0.05, 0.1) is 32.9 Å². The minimum absolute atomic E-state index is 0.171. The van der Waals surface area contributed by atoms with Crippen LogP contribution in [-0.4, -0.2) is 17.1 Å². The standard InChI is InChI=1S/C30H23BrClFN2O4S/c1-3-38-29(37)26-17(2)34-30-35(27(26)20-7-11-22(33)12-8-20)28(36)25(40-30)15-19-6-13-24(23(31)14-19)39-16-18-4-9-21(32)10-5-18/h4-15,27H,3,16H2,1-2H3/b25-15-/t27-/m1/s1. The molecule has 0 spiro atoms. The van der Waals surface area contributed by atoms with E-state index in [9.17, 15) is 14.0 Å². The van der Waals surface area contributed by atoms with Crippen molar-refractivity contribution in [3.8, 4) is 5.75 Å². The van der Waals surface area contributed by atoms with Gasteiger partial charge in [0.25, 0.3) is 5.56 Å². The van der Waals surface area contributed by atoms with Crippen LogP contribution in [-0.2, 0) is 16.1 Å². The maximum absolute atomic E-state index is 13.7. The second-order valence-corrected chi connectivity index (χ2v) is 11.3. The van der Waals surface area contributed by atoms with Crippen LogP contribution in [0.1, 0.15) is 36.6 Å². The molecule has 0 saturated carbocycles. The summed E-state index contributed by atoms with van der Waals surface area (Å²) in [6, 6.07) is 17.9. The Kier molecular flexibility index (Phi) is 8.35. The number of aromatic nitrogens is 1. The highest BCUT2D eigenvalue weighted by Gasteiger charge is 2.33. The molecule has 0 N–H and O–H groups in total. The van der Waals surface area contributed by atoms with Crippen LogP contribution in [0.5, 0.6) is 5.75 Å². The van der Waals surface area contributed by atoms with E-state index in [2.05, 4.69) is 20.9 Å². The number of hydrogen-bond acceptors (Lipinski definition) is 6. The zero-order valence-electron chi connectivity index (χ0n) is 21.5. The monoisotopic (exact) mass is 640 g/mol. The van der Waals surface area contributed by atoms with Gasteiger partial charge >= 0.3 is 5.97 Å². The van der Waals surface area contributed by atoms with Crippen molar-refractivity contribution in [2.45, 2.75) is 26.5 Å². The van der Waals surface area contributed by atoms with Gasteiger partial charge in [0.15, 0.2) is 4.80 Å². The molecule has 0 unspecified atom stereocenters. The topological polar surface area (TPSA) is 69.9 Å². The lowest BCUT2D eigenvalue weighted by Crippen LogP contribution is -2.39. The fourth-order valence-electron chi connectivity index (χ4n) is 4.37. The maximum atomic E-state index is 13.7. The Balaban J connectivity index is 1.51. The van der Waals surface area contributed by atoms with Crippen LogP contribution in [0.4, 0.5) is 4.39 Å².